The van der Waals surface area contributed by atoms with Crippen molar-refractivity contribution in [2.45, 2.75) is 38.5 Å². The summed E-state index contributed by atoms with van der Waals surface area (Å²) in [6.45, 7) is 9.46. The summed E-state index contributed by atoms with van der Waals surface area (Å²) in [6.07, 6.45) is 0. The molecule has 0 heterocycles. The Morgan fingerprint density at radius 3 is 1.58 bits per heavy atom. The van der Waals surface area contributed by atoms with Gasteiger partial charge in [-0.05, 0) is 108 Å². The van der Waals surface area contributed by atoms with Crippen molar-refractivity contribution in [1.82, 2.24) is 0 Å². The van der Waals surface area contributed by atoms with Crippen LogP contribution in [-0.4, -0.2) is 0 Å². The van der Waals surface area contributed by atoms with Crippen LogP contribution in [0.1, 0.15) is 49.9 Å². The molecule has 0 amide bonds. The maximum Gasteiger partial charge on any atom is 0.0549 e. The van der Waals surface area contributed by atoms with Gasteiger partial charge in [-0.2, -0.15) is 0 Å². The van der Waals surface area contributed by atoms with Gasteiger partial charge in [-0.1, -0.05) is 167 Å². The van der Waals surface area contributed by atoms with Gasteiger partial charge in [-0.25, -0.2) is 0 Å². The summed E-state index contributed by atoms with van der Waals surface area (Å²) in [5.41, 5.74) is 19.1. The van der Waals surface area contributed by atoms with Crippen molar-refractivity contribution in [3.05, 3.63) is 198 Å². The van der Waals surface area contributed by atoms with E-state index in [1.165, 1.54) is 83.2 Å². The monoisotopic (exact) mass is 679 g/mol. The molecule has 2 aliphatic rings. The second-order valence-electron chi connectivity index (χ2n) is 15.8. The van der Waals surface area contributed by atoms with Gasteiger partial charge in [0, 0.05) is 27.8 Å². The minimum absolute atomic E-state index is 0.00181. The van der Waals surface area contributed by atoms with E-state index < -0.39 is 0 Å². The number of anilines is 3. The molecule has 0 saturated carbocycles. The van der Waals surface area contributed by atoms with E-state index in [1.54, 1.807) is 0 Å². The van der Waals surface area contributed by atoms with E-state index in [0.717, 1.165) is 11.4 Å². The SMILES string of the molecule is CC1(C)c2ccccc2-c2cc(-c3ccc(N(c4ccc(-c5ccccc5)cc4)c4cc5ccccc5c5c4-c4ccccc4C5(C)C)cc3)ccc21. The summed E-state index contributed by atoms with van der Waals surface area (Å²) in [4.78, 5) is 2.48. The Morgan fingerprint density at radius 1 is 0.377 bits per heavy atom. The van der Waals surface area contributed by atoms with Crippen molar-refractivity contribution in [2.24, 2.45) is 0 Å². The highest BCUT2D eigenvalue weighted by atomic mass is 15.1. The van der Waals surface area contributed by atoms with E-state index in [4.69, 9.17) is 0 Å². The van der Waals surface area contributed by atoms with Gasteiger partial charge in [-0.3, -0.25) is 0 Å². The minimum atomic E-state index is -0.144. The van der Waals surface area contributed by atoms with E-state index in [9.17, 15) is 0 Å². The number of benzene rings is 8. The van der Waals surface area contributed by atoms with Crippen LogP contribution in [0.15, 0.2) is 176 Å². The van der Waals surface area contributed by atoms with Gasteiger partial charge in [0.25, 0.3) is 0 Å². The Hall–Kier alpha value is -6.18. The zero-order chi connectivity index (χ0) is 35.9. The number of rotatable bonds is 5. The van der Waals surface area contributed by atoms with E-state index >= 15 is 0 Å². The van der Waals surface area contributed by atoms with Crippen molar-refractivity contribution in [2.75, 3.05) is 4.90 Å². The molecule has 0 spiro atoms. The highest BCUT2D eigenvalue weighted by Gasteiger charge is 2.40. The van der Waals surface area contributed by atoms with Gasteiger partial charge in [0.05, 0.1) is 5.69 Å². The summed E-state index contributed by atoms with van der Waals surface area (Å²) >= 11 is 0. The van der Waals surface area contributed by atoms with Crippen LogP contribution in [-0.2, 0) is 10.8 Å². The normalized spacial score (nSPS) is 14.3. The van der Waals surface area contributed by atoms with Gasteiger partial charge < -0.3 is 4.90 Å². The second kappa shape index (κ2) is 11.7. The molecule has 0 atom stereocenters. The van der Waals surface area contributed by atoms with Gasteiger partial charge >= 0.3 is 0 Å². The first-order valence-electron chi connectivity index (χ1n) is 18.8. The van der Waals surface area contributed by atoms with Gasteiger partial charge in [0.15, 0.2) is 0 Å². The summed E-state index contributed by atoms with van der Waals surface area (Å²) < 4.78 is 0. The molecule has 1 heteroatoms. The lowest BCUT2D eigenvalue weighted by Crippen LogP contribution is -2.16. The first kappa shape index (κ1) is 31.5. The largest absolute Gasteiger partial charge is 0.310 e. The van der Waals surface area contributed by atoms with E-state index in [1.807, 2.05) is 0 Å². The molecule has 0 aliphatic heterocycles. The second-order valence-corrected chi connectivity index (χ2v) is 15.8. The lowest BCUT2D eigenvalue weighted by Gasteiger charge is -2.30. The Morgan fingerprint density at radius 2 is 0.887 bits per heavy atom. The van der Waals surface area contributed by atoms with Gasteiger partial charge in [-0.15, -0.1) is 0 Å². The molecule has 254 valence electrons. The van der Waals surface area contributed by atoms with Crippen molar-refractivity contribution in [1.29, 1.82) is 0 Å². The van der Waals surface area contributed by atoms with Crippen LogP contribution in [0.3, 0.4) is 0 Å². The maximum atomic E-state index is 2.48. The van der Waals surface area contributed by atoms with Crippen LogP contribution in [0.2, 0.25) is 0 Å². The Bertz CT molecular complexity index is 2700. The third-order valence-corrected chi connectivity index (χ3v) is 12.0. The molecule has 1 nitrogen and oxygen atoms in total. The fourth-order valence-corrected chi connectivity index (χ4v) is 9.38. The average molecular weight is 680 g/mol. The highest BCUT2D eigenvalue weighted by Crippen LogP contribution is 2.57. The standard InChI is InChI=1S/C52H41N/c1-51(2)45-20-12-10-18-42(45)44-32-37(26-31-47(44)51)36-24-29-40(30-25-36)53(39-27-22-35(23-28-39)34-14-6-5-7-15-34)48-33-38-16-8-9-17-41(38)50-49(48)43-19-11-13-21-46(43)52(50,3)4/h5-33H,1-4H3. The van der Waals surface area contributed by atoms with Crippen molar-refractivity contribution >= 4 is 27.8 Å². The quantitative estimate of drug-likeness (QED) is 0.175. The molecule has 0 unspecified atom stereocenters. The predicted molar refractivity (Wildman–Crippen MR) is 225 cm³/mol. The van der Waals surface area contributed by atoms with Gasteiger partial charge in [0.2, 0.25) is 0 Å². The first-order valence-corrected chi connectivity index (χ1v) is 18.8. The molecule has 53 heavy (non-hydrogen) atoms. The summed E-state index contributed by atoms with van der Waals surface area (Å²) in [6, 6.07) is 65.2. The van der Waals surface area contributed by atoms with Crippen LogP contribution in [0.25, 0.3) is 55.3 Å². The lowest BCUT2D eigenvalue weighted by molar-refractivity contribution is 0.660. The predicted octanol–water partition coefficient (Wildman–Crippen LogP) is 14.3. The van der Waals surface area contributed by atoms with Crippen molar-refractivity contribution in [3.63, 3.8) is 0 Å². The summed E-state index contributed by atoms with van der Waals surface area (Å²) in [5, 5.41) is 2.58. The van der Waals surface area contributed by atoms with Crippen LogP contribution in [0.5, 0.6) is 0 Å². The molecule has 8 aromatic carbocycles. The topological polar surface area (TPSA) is 3.24 Å². The minimum Gasteiger partial charge on any atom is -0.310 e. The molecule has 8 aromatic rings. The summed E-state index contributed by atoms with van der Waals surface area (Å²) in [5.74, 6) is 0. The molecular weight excluding hydrogens is 639 g/mol. The number of fused-ring (bicyclic) bond motifs is 8. The third kappa shape index (κ3) is 4.77. The molecule has 0 bridgehead atoms. The molecular formula is C52H41N. The van der Waals surface area contributed by atoms with Crippen molar-refractivity contribution in [3.8, 4) is 44.5 Å². The number of hydrogen-bond acceptors (Lipinski definition) is 1. The van der Waals surface area contributed by atoms with Crippen molar-refractivity contribution < 1.29 is 0 Å². The zero-order valence-corrected chi connectivity index (χ0v) is 30.7. The fourth-order valence-electron chi connectivity index (χ4n) is 9.38. The van der Waals surface area contributed by atoms with Crippen LogP contribution >= 0.6 is 0 Å². The Labute approximate surface area is 312 Å². The van der Waals surface area contributed by atoms with Gasteiger partial charge in [0.1, 0.15) is 0 Å². The number of nitrogens with zero attached hydrogens (tertiary/aromatic N) is 1. The highest BCUT2D eigenvalue weighted by molar-refractivity contribution is 6.06. The average Bonchev–Trinajstić information content (AvgIpc) is 3.59. The maximum absolute atomic E-state index is 2.48. The van der Waals surface area contributed by atoms with E-state index in [0.29, 0.717) is 0 Å². The fraction of sp³-hybridized carbons (Fsp3) is 0.115. The molecule has 0 radical (unpaired) electrons. The molecule has 10 rings (SSSR count). The van der Waals surface area contributed by atoms with E-state index in [-0.39, 0.29) is 10.8 Å². The molecule has 0 saturated heterocycles. The number of hydrogen-bond donors (Lipinski definition) is 0. The molecule has 0 N–H and O–H groups in total. The smallest absolute Gasteiger partial charge is 0.0549 e. The molecule has 0 aromatic heterocycles. The molecule has 2 aliphatic carbocycles. The lowest BCUT2D eigenvalue weighted by atomic mass is 9.80. The Balaban J connectivity index is 1.15. The zero-order valence-electron chi connectivity index (χ0n) is 30.7. The van der Waals surface area contributed by atoms with E-state index in [2.05, 4.69) is 209 Å². The van der Waals surface area contributed by atoms with Crippen LogP contribution < -0.4 is 4.90 Å². The van der Waals surface area contributed by atoms with Crippen LogP contribution in [0, 0.1) is 0 Å². The summed E-state index contributed by atoms with van der Waals surface area (Å²) in [7, 11) is 0. The van der Waals surface area contributed by atoms with Crippen LogP contribution in [0.4, 0.5) is 17.1 Å². The Kier molecular flexibility index (Phi) is 6.94. The third-order valence-electron chi connectivity index (χ3n) is 12.0. The molecule has 0 fully saturated rings. The first-order chi connectivity index (χ1) is 25.8.